The third kappa shape index (κ3) is 5.18. The molecule has 7 aromatic rings. The summed E-state index contributed by atoms with van der Waals surface area (Å²) in [6, 6.07) is 65.4. The number of fused-ring (bicyclic) bond motifs is 3. The second kappa shape index (κ2) is 11.8. The molecule has 7 aromatic carbocycles. The van der Waals surface area contributed by atoms with E-state index in [0.717, 1.165) is 34.1 Å². The van der Waals surface area contributed by atoms with Gasteiger partial charge in [0.1, 0.15) is 0 Å². The Morgan fingerprint density at radius 1 is 0.319 bits per heavy atom. The molecule has 0 unspecified atom stereocenters. The van der Waals surface area contributed by atoms with Gasteiger partial charge in [0.15, 0.2) is 0 Å². The van der Waals surface area contributed by atoms with Gasteiger partial charge in [-0.25, -0.2) is 0 Å². The fourth-order valence-electron chi connectivity index (χ4n) is 7.12. The average Bonchev–Trinajstić information content (AvgIpc) is 3.36. The molecule has 0 spiro atoms. The fourth-order valence-corrected chi connectivity index (χ4v) is 7.12. The molecule has 47 heavy (non-hydrogen) atoms. The molecule has 0 atom stereocenters. The van der Waals surface area contributed by atoms with Crippen LogP contribution in [-0.4, -0.2) is 0 Å². The van der Waals surface area contributed by atoms with Crippen LogP contribution < -0.4 is 9.80 Å². The summed E-state index contributed by atoms with van der Waals surface area (Å²) >= 11 is 0. The van der Waals surface area contributed by atoms with Crippen LogP contribution in [0.25, 0.3) is 22.3 Å². The lowest BCUT2D eigenvalue weighted by atomic mass is 9.82. The van der Waals surface area contributed by atoms with E-state index in [2.05, 4.69) is 206 Å². The zero-order valence-electron chi connectivity index (χ0n) is 26.7. The van der Waals surface area contributed by atoms with Crippen LogP contribution in [0.5, 0.6) is 0 Å². The maximum atomic E-state index is 2.38. The van der Waals surface area contributed by atoms with E-state index in [0.29, 0.717) is 0 Å². The van der Waals surface area contributed by atoms with Gasteiger partial charge in [-0.15, -0.1) is 0 Å². The summed E-state index contributed by atoms with van der Waals surface area (Å²) in [6.45, 7) is 4.67. The lowest BCUT2D eigenvalue weighted by Crippen LogP contribution is -2.15. The van der Waals surface area contributed by atoms with E-state index in [4.69, 9.17) is 0 Å². The Bertz CT molecular complexity index is 2130. The second-order valence-electron chi connectivity index (χ2n) is 12.7. The molecule has 2 nitrogen and oxygen atoms in total. The minimum Gasteiger partial charge on any atom is -0.310 e. The van der Waals surface area contributed by atoms with Gasteiger partial charge in [-0.1, -0.05) is 123 Å². The summed E-state index contributed by atoms with van der Waals surface area (Å²) in [4.78, 5) is 4.69. The van der Waals surface area contributed by atoms with Crippen molar-refractivity contribution in [2.75, 3.05) is 9.80 Å². The van der Waals surface area contributed by atoms with Gasteiger partial charge in [-0.2, -0.15) is 0 Å². The minimum atomic E-state index is -0.0274. The molecular weight excluding hydrogens is 569 g/mol. The molecule has 226 valence electrons. The van der Waals surface area contributed by atoms with E-state index in [9.17, 15) is 0 Å². The Kier molecular flexibility index (Phi) is 7.19. The van der Waals surface area contributed by atoms with Crippen LogP contribution in [0.4, 0.5) is 34.1 Å². The fraction of sp³-hybridized carbons (Fsp3) is 0.0667. The first-order valence-corrected chi connectivity index (χ1v) is 16.3. The summed E-state index contributed by atoms with van der Waals surface area (Å²) in [6.07, 6.45) is 0. The minimum absolute atomic E-state index is 0.0274. The van der Waals surface area contributed by atoms with Gasteiger partial charge in [-0.3, -0.25) is 0 Å². The molecule has 2 heteroatoms. The summed E-state index contributed by atoms with van der Waals surface area (Å²) in [5.41, 5.74) is 14.5. The molecule has 0 fully saturated rings. The highest BCUT2D eigenvalue weighted by Gasteiger charge is 2.35. The molecule has 0 aliphatic heterocycles. The van der Waals surface area contributed by atoms with Crippen molar-refractivity contribution >= 4 is 34.1 Å². The molecule has 1 aliphatic carbocycles. The van der Waals surface area contributed by atoms with Gasteiger partial charge in [0, 0.05) is 39.5 Å². The smallest absolute Gasteiger partial charge is 0.0468 e. The van der Waals surface area contributed by atoms with Crippen molar-refractivity contribution in [1.29, 1.82) is 0 Å². The van der Waals surface area contributed by atoms with Crippen LogP contribution in [0.1, 0.15) is 25.0 Å². The molecular formula is C45H36N2. The molecule has 0 bridgehead atoms. The summed E-state index contributed by atoms with van der Waals surface area (Å²) < 4.78 is 0. The van der Waals surface area contributed by atoms with Crippen molar-refractivity contribution < 1.29 is 0 Å². The third-order valence-corrected chi connectivity index (χ3v) is 9.41. The van der Waals surface area contributed by atoms with Crippen LogP contribution >= 0.6 is 0 Å². The van der Waals surface area contributed by atoms with Crippen LogP contribution in [0.15, 0.2) is 182 Å². The van der Waals surface area contributed by atoms with Crippen molar-refractivity contribution in [2.24, 2.45) is 0 Å². The highest BCUT2D eigenvalue weighted by molar-refractivity contribution is 5.88. The van der Waals surface area contributed by atoms with E-state index < -0.39 is 0 Å². The molecule has 1 aliphatic rings. The van der Waals surface area contributed by atoms with E-state index in [1.807, 2.05) is 0 Å². The van der Waals surface area contributed by atoms with E-state index in [1.54, 1.807) is 0 Å². The summed E-state index contributed by atoms with van der Waals surface area (Å²) in [7, 11) is 0. The molecule has 0 saturated carbocycles. The first-order chi connectivity index (χ1) is 23.1. The number of rotatable bonds is 7. The molecule has 0 saturated heterocycles. The Morgan fingerprint density at radius 3 is 1.26 bits per heavy atom. The number of nitrogens with zero attached hydrogens (tertiary/aromatic N) is 2. The van der Waals surface area contributed by atoms with Crippen LogP contribution in [0, 0.1) is 0 Å². The average molecular weight is 605 g/mol. The van der Waals surface area contributed by atoms with Gasteiger partial charge in [0.25, 0.3) is 0 Å². The Balaban J connectivity index is 1.23. The maximum absolute atomic E-state index is 2.38. The van der Waals surface area contributed by atoms with Gasteiger partial charge < -0.3 is 9.80 Å². The molecule has 0 radical (unpaired) electrons. The first-order valence-electron chi connectivity index (χ1n) is 16.3. The van der Waals surface area contributed by atoms with Crippen molar-refractivity contribution in [3.63, 3.8) is 0 Å². The predicted molar refractivity (Wildman–Crippen MR) is 199 cm³/mol. The normalized spacial score (nSPS) is 12.6. The van der Waals surface area contributed by atoms with Crippen molar-refractivity contribution in [3.05, 3.63) is 193 Å². The largest absolute Gasteiger partial charge is 0.310 e. The van der Waals surface area contributed by atoms with E-state index >= 15 is 0 Å². The highest BCUT2D eigenvalue weighted by Crippen LogP contribution is 2.50. The zero-order chi connectivity index (χ0) is 31.8. The van der Waals surface area contributed by atoms with Crippen molar-refractivity contribution in [3.8, 4) is 22.3 Å². The van der Waals surface area contributed by atoms with Gasteiger partial charge in [0.2, 0.25) is 0 Å². The van der Waals surface area contributed by atoms with Gasteiger partial charge >= 0.3 is 0 Å². The predicted octanol–water partition coefficient (Wildman–Crippen LogP) is 12.6. The first kappa shape index (κ1) is 28.6. The van der Waals surface area contributed by atoms with E-state index in [-0.39, 0.29) is 5.41 Å². The van der Waals surface area contributed by atoms with Crippen molar-refractivity contribution in [1.82, 2.24) is 0 Å². The number of para-hydroxylation sites is 3. The quantitative estimate of drug-likeness (QED) is 0.179. The Morgan fingerprint density at radius 2 is 0.723 bits per heavy atom. The number of hydrogen-bond donors (Lipinski definition) is 0. The Hall–Kier alpha value is -5.86. The second-order valence-corrected chi connectivity index (χ2v) is 12.7. The molecule has 8 rings (SSSR count). The lowest BCUT2D eigenvalue weighted by Gasteiger charge is -2.28. The number of anilines is 6. The van der Waals surface area contributed by atoms with Crippen LogP contribution in [-0.2, 0) is 5.41 Å². The van der Waals surface area contributed by atoms with Crippen molar-refractivity contribution in [2.45, 2.75) is 19.3 Å². The highest BCUT2D eigenvalue weighted by atomic mass is 15.1. The standard InChI is InChI=1S/C45H36N2/c1-45(2)43-27-13-12-26-41(43)42-32-40(28-29-44(42)45)47(37-22-10-5-11-23-37)39-25-15-17-34(31-39)33-16-14-24-38(30-33)46(35-18-6-3-7-19-35)36-20-8-4-9-21-36/h3-32H,1-2H3. The van der Waals surface area contributed by atoms with Gasteiger partial charge in [0.05, 0.1) is 0 Å². The van der Waals surface area contributed by atoms with E-state index in [1.165, 1.54) is 33.4 Å². The zero-order valence-corrected chi connectivity index (χ0v) is 26.7. The lowest BCUT2D eigenvalue weighted by molar-refractivity contribution is 0.660. The Labute approximate surface area is 277 Å². The summed E-state index contributed by atoms with van der Waals surface area (Å²) in [5, 5.41) is 0. The number of benzene rings is 7. The monoisotopic (exact) mass is 604 g/mol. The SMILES string of the molecule is CC1(C)c2ccccc2-c2cc(N(c3ccccc3)c3cccc(-c4cccc(N(c5ccccc5)c5ccccc5)c4)c3)ccc21. The maximum Gasteiger partial charge on any atom is 0.0468 e. The van der Waals surface area contributed by atoms with Gasteiger partial charge in [-0.05, 0) is 106 Å². The molecule has 0 N–H and O–H groups in total. The summed E-state index contributed by atoms with van der Waals surface area (Å²) in [5.74, 6) is 0. The van der Waals surface area contributed by atoms with Crippen LogP contribution in [0.3, 0.4) is 0 Å². The third-order valence-electron chi connectivity index (χ3n) is 9.41. The molecule has 0 heterocycles. The number of hydrogen-bond acceptors (Lipinski definition) is 2. The molecule has 0 aromatic heterocycles. The molecule has 0 amide bonds. The topological polar surface area (TPSA) is 6.48 Å². The van der Waals surface area contributed by atoms with Crippen LogP contribution in [0.2, 0.25) is 0 Å².